The summed E-state index contributed by atoms with van der Waals surface area (Å²) in [6.07, 6.45) is 0. The highest BCUT2D eigenvalue weighted by Gasteiger charge is 2.21. The summed E-state index contributed by atoms with van der Waals surface area (Å²) in [6, 6.07) is 7.59. The van der Waals surface area contributed by atoms with Gasteiger partial charge in [-0.25, -0.2) is 0 Å². The molecule has 0 bridgehead atoms. The predicted octanol–water partition coefficient (Wildman–Crippen LogP) is 3.35. The molecule has 1 fully saturated rings. The molecule has 0 atom stereocenters. The van der Waals surface area contributed by atoms with Crippen LogP contribution in [0.15, 0.2) is 24.3 Å². The normalized spacial score (nSPS) is 15.2. The Bertz CT molecular complexity index is 525. The minimum atomic E-state index is -0.982. The lowest BCUT2D eigenvalue weighted by Gasteiger charge is -2.23. The van der Waals surface area contributed by atoms with Gasteiger partial charge in [0.25, 0.3) is 5.91 Å². The highest BCUT2D eigenvalue weighted by molar-refractivity contribution is 8.19. The van der Waals surface area contributed by atoms with Crippen molar-refractivity contribution in [2.24, 2.45) is 5.92 Å². The number of hydrogen-bond donors (Lipinski definition) is 1. The highest BCUT2D eigenvalue weighted by atomic mass is 32.2. The highest BCUT2D eigenvalue weighted by Crippen LogP contribution is 2.45. The molecule has 1 amide bonds. The first-order valence-corrected chi connectivity index (χ1v) is 9.41. The van der Waals surface area contributed by atoms with Crippen LogP contribution in [0.3, 0.4) is 0 Å². The number of carboxylic acid groups (broad SMARTS) is 1. The van der Waals surface area contributed by atoms with E-state index in [1.54, 1.807) is 0 Å². The van der Waals surface area contributed by atoms with Gasteiger partial charge < -0.3 is 10.0 Å². The summed E-state index contributed by atoms with van der Waals surface area (Å²) in [5.74, 6) is 1.36. The zero-order valence-corrected chi connectivity index (χ0v) is 14.5. The van der Waals surface area contributed by atoms with E-state index in [2.05, 4.69) is 0 Å². The molecule has 1 aromatic carbocycles. The van der Waals surface area contributed by atoms with Crippen molar-refractivity contribution in [1.82, 2.24) is 4.90 Å². The molecule has 1 aliphatic heterocycles. The lowest BCUT2D eigenvalue weighted by atomic mass is 10.1. The van der Waals surface area contributed by atoms with E-state index in [1.165, 1.54) is 10.5 Å². The van der Waals surface area contributed by atoms with Crippen molar-refractivity contribution in [3.8, 4) is 0 Å². The van der Waals surface area contributed by atoms with Crippen molar-refractivity contribution in [3.63, 3.8) is 0 Å². The smallest absolute Gasteiger partial charge is 0.323 e. The zero-order chi connectivity index (χ0) is 16.1. The Kier molecular flexibility index (Phi) is 6.20. The Labute approximate surface area is 139 Å². The summed E-state index contributed by atoms with van der Waals surface area (Å²) in [5, 5.41) is 8.98. The number of benzene rings is 1. The Morgan fingerprint density at radius 1 is 1.23 bits per heavy atom. The van der Waals surface area contributed by atoms with Gasteiger partial charge >= 0.3 is 5.97 Å². The number of rotatable bonds is 6. The van der Waals surface area contributed by atoms with Crippen molar-refractivity contribution in [3.05, 3.63) is 35.4 Å². The van der Waals surface area contributed by atoms with Gasteiger partial charge in [0.15, 0.2) is 0 Å². The first-order valence-electron chi connectivity index (χ1n) is 7.31. The molecule has 2 rings (SSSR count). The van der Waals surface area contributed by atoms with E-state index >= 15 is 0 Å². The maximum Gasteiger partial charge on any atom is 0.323 e. The molecule has 22 heavy (non-hydrogen) atoms. The third-order valence-corrected chi connectivity index (χ3v) is 6.35. The van der Waals surface area contributed by atoms with Crippen LogP contribution in [-0.4, -0.2) is 46.5 Å². The quantitative estimate of drug-likeness (QED) is 0.861. The van der Waals surface area contributed by atoms with E-state index in [-0.39, 0.29) is 18.4 Å². The van der Waals surface area contributed by atoms with Crippen LogP contribution in [0.4, 0.5) is 0 Å². The number of aliphatic carboxylic acids is 1. The monoisotopic (exact) mass is 339 g/mol. The third kappa shape index (κ3) is 4.68. The van der Waals surface area contributed by atoms with E-state index < -0.39 is 5.97 Å². The molecule has 0 saturated carbocycles. The fourth-order valence-corrected chi connectivity index (χ4v) is 5.20. The van der Waals surface area contributed by atoms with Gasteiger partial charge in [0.05, 0.1) is 4.58 Å². The van der Waals surface area contributed by atoms with Crippen molar-refractivity contribution >= 4 is 35.4 Å². The van der Waals surface area contributed by atoms with Crippen LogP contribution in [0.1, 0.15) is 34.4 Å². The van der Waals surface area contributed by atoms with Crippen LogP contribution in [0.2, 0.25) is 0 Å². The molecule has 1 aromatic rings. The first-order chi connectivity index (χ1) is 10.5. The fourth-order valence-electron chi connectivity index (χ4n) is 2.34. The van der Waals surface area contributed by atoms with Crippen molar-refractivity contribution in [1.29, 1.82) is 0 Å². The zero-order valence-electron chi connectivity index (χ0n) is 12.8. The molecule has 0 aromatic heterocycles. The van der Waals surface area contributed by atoms with E-state index in [0.29, 0.717) is 16.7 Å². The van der Waals surface area contributed by atoms with E-state index in [9.17, 15) is 9.59 Å². The minimum absolute atomic E-state index is 0.214. The molecule has 0 unspecified atom stereocenters. The van der Waals surface area contributed by atoms with Gasteiger partial charge in [0, 0.05) is 23.6 Å². The summed E-state index contributed by atoms with van der Waals surface area (Å²) in [4.78, 5) is 24.9. The van der Waals surface area contributed by atoms with Gasteiger partial charge in [-0.05, 0) is 23.6 Å². The number of amides is 1. The molecule has 6 heteroatoms. The minimum Gasteiger partial charge on any atom is -0.480 e. The van der Waals surface area contributed by atoms with E-state index in [0.717, 1.165) is 11.5 Å². The summed E-state index contributed by atoms with van der Waals surface area (Å²) < 4.78 is 0.454. The van der Waals surface area contributed by atoms with Crippen molar-refractivity contribution in [2.45, 2.75) is 18.4 Å². The molecule has 1 saturated heterocycles. The lowest BCUT2D eigenvalue weighted by Crippen LogP contribution is -2.38. The third-order valence-electron chi connectivity index (χ3n) is 3.25. The maximum absolute atomic E-state index is 12.5. The second-order valence-electron chi connectivity index (χ2n) is 5.67. The molecule has 1 N–H and O–H groups in total. The Morgan fingerprint density at radius 2 is 1.82 bits per heavy atom. The number of carboxylic acids is 1. The fraction of sp³-hybridized carbons (Fsp3) is 0.500. The predicted molar refractivity (Wildman–Crippen MR) is 92.5 cm³/mol. The summed E-state index contributed by atoms with van der Waals surface area (Å²) in [6.45, 7) is 4.13. The van der Waals surface area contributed by atoms with Gasteiger partial charge in [-0.3, -0.25) is 9.59 Å². The summed E-state index contributed by atoms with van der Waals surface area (Å²) in [7, 11) is 0. The lowest BCUT2D eigenvalue weighted by molar-refractivity contribution is -0.137. The van der Waals surface area contributed by atoms with Crippen molar-refractivity contribution in [2.75, 3.05) is 24.6 Å². The van der Waals surface area contributed by atoms with Crippen LogP contribution < -0.4 is 0 Å². The molecule has 4 nitrogen and oxygen atoms in total. The number of thioether (sulfide) groups is 2. The van der Waals surface area contributed by atoms with Gasteiger partial charge in [0.1, 0.15) is 6.54 Å². The maximum atomic E-state index is 12.5. The average Bonchev–Trinajstić information content (AvgIpc) is 2.99. The molecule has 120 valence electrons. The number of nitrogens with zero attached hydrogens (tertiary/aromatic N) is 1. The Morgan fingerprint density at radius 3 is 2.32 bits per heavy atom. The Balaban J connectivity index is 2.10. The molecular weight excluding hydrogens is 318 g/mol. The second kappa shape index (κ2) is 7.92. The largest absolute Gasteiger partial charge is 0.480 e. The Hall–Kier alpha value is -1.14. The topological polar surface area (TPSA) is 57.6 Å². The SMILES string of the molecule is CC(C)CN(CC(=O)O)C(=O)c1ccc(C2SCCS2)cc1. The first kappa shape index (κ1) is 17.2. The van der Waals surface area contributed by atoms with Crippen LogP contribution in [0.25, 0.3) is 0 Å². The van der Waals surface area contributed by atoms with Gasteiger partial charge in [0.2, 0.25) is 0 Å². The van der Waals surface area contributed by atoms with Gasteiger partial charge in [-0.2, -0.15) is 0 Å². The number of carbonyl (C=O) groups is 2. The second-order valence-corrected chi connectivity index (χ2v) is 8.39. The van der Waals surface area contributed by atoms with E-state index in [4.69, 9.17) is 5.11 Å². The number of hydrogen-bond acceptors (Lipinski definition) is 4. The molecular formula is C16H21NO3S2. The molecule has 0 radical (unpaired) electrons. The summed E-state index contributed by atoms with van der Waals surface area (Å²) >= 11 is 3.85. The van der Waals surface area contributed by atoms with Gasteiger partial charge in [-0.1, -0.05) is 26.0 Å². The van der Waals surface area contributed by atoms with Crippen molar-refractivity contribution < 1.29 is 14.7 Å². The molecule has 1 aliphatic rings. The molecule has 0 spiro atoms. The average molecular weight is 339 g/mol. The van der Waals surface area contributed by atoms with E-state index in [1.807, 2.05) is 61.6 Å². The number of carbonyl (C=O) groups excluding carboxylic acids is 1. The molecule has 1 heterocycles. The van der Waals surface area contributed by atoms with Crippen LogP contribution in [0, 0.1) is 5.92 Å². The standard InChI is InChI=1S/C16H21NO3S2/c1-11(2)9-17(10-14(18)19)15(20)12-3-5-13(6-4-12)16-21-7-8-22-16/h3-6,11,16H,7-10H2,1-2H3,(H,18,19). The van der Waals surface area contributed by atoms with Crippen LogP contribution in [-0.2, 0) is 4.79 Å². The van der Waals surface area contributed by atoms with Crippen LogP contribution >= 0.6 is 23.5 Å². The van der Waals surface area contributed by atoms with Crippen LogP contribution in [0.5, 0.6) is 0 Å². The summed E-state index contributed by atoms with van der Waals surface area (Å²) in [5.41, 5.74) is 1.77. The van der Waals surface area contributed by atoms with Gasteiger partial charge in [-0.15, -0.1) is 23.5 Å². The molecule has 0 aliphatic carbocycles.